The van der Waals surface area contributed by atoms with E-state index in [4.69, 9.17) is 13.6 Å². The first-order valence-corrected chi connectivity index (χ1v) is 14.6. The van der Waals surface area contributed by atoms with Gasteiger partial charge in [0.15, 0.2) is 0 Å². The zero-order chi connectivity index (χ0) is 26.8. The molecule has 0 saturated heterocycles. The molecule has 0 atom stereocenters. The van der Waals surface area contributed by atoms with Crippen molar-refractivity contribution in [1.29, 1.82) is 0 Å². The van der Waals surface area contributed by atoms with Crippen molar-refractivity contribution < 1.29 is 18.1 Å². The zero-order valence-electron chi connectivity index (χ0n) is 21.7. The van der Waals surface area contributed by atoms with Gasteiger partial charge in [-0.25, -0.2) is 0 Å². The molecule has 196 valence electrons. The van der Waals surface area contributed by atoms with E-state index in [1.54, 1.807) is 12.1 Å². The minimum Gasteiger partial charge on any atom is -0.386 e. The van der Waals surface area contributed by atoms with Gasteiger partial charge in [0.2, 0.25) is 0 Å². The van der Waals surface area contributed by atoms with Gasteiger partial charge in [0.1, 0.15) is 17.2 Å². The van der Waals surface area contributed by atoms with E-state index in [0.717, 1.165) is 36.8 Å². The summed E-state index contributed by atoms with van der Waals surface area (Å²) in [5, 5.41) is 0. The molecule has 0 unspecified atom stereocenters. The second-order valence-corrected chi connectivity index (χ2v) is 10.7. The molecular weight excluding hydrogens is 503 g/mol. The molecule has 0 N–H and O–H groups in total. The molecule has 5 aromatic carbocycles. The van der Waals surface area contributed by atoms with Crippen LogP contribution in [0.2, 0.25) is 0 Å². The van der Waals surface area contributed by atoms with E-state index in [0.29, 0.717) is 17.2 Å². The second-order valence-electron chi connectivity index (χ2n) is 9.22. The number of para-hydroxylation sites is 3. The summed E-state index contributed by atoms with van der Waals surface area (Å²) < 4.78 is 32.6. The monoisotopic (exact) mass is 534 g/mol. The summed E-state index contributed by atoms with van der Waals surface area (Å²) in [6.45, 7) is 0. The lowest BCUT2D eigenvalue weighted by atomic mass is 10.0. The van der Waals surface area contributed by atoms with E-state index in [-0.39, 0.29) is 0 Å². The molecule has 0 fully saturated rings. The molecule has 0 aliphatic rings. The van der Waals surface area contributed by atoms with Gasteiger partial charge in [0.05, 0.1) is 0 Å². The number of hydrogen-bond donors (Lipinski definition) is 0. The Morgan fingerprint density at radius 3 is 1.26 bits per heavy atom. The van der Waals surface area contributed by atoms with Crippen molar-refractivity contribution in [3.05, 3.63) is 162 Å². The molecule has 0 bridgehead atoms. The number of phosphoric ester groups is 1. The Morgan fingerprint density at radius 1 is 0.410 bits per heavy atom. The summed E-state index contributed by atoms with van der Waals surface area (Å²) in [5.74, 6) is 1.37. The van der Waals surface area contributed by atoms with Crippen LogP contribution in [0.4, 0.5) is 0 Å². The third kappa shape index (κ3) is 7.63. The quantitative estimate of drug-likeness (QED) is 0.150. The second kappa shape index (κ2) is 13.0. The Hall–Kier alpha value is -4.27. The SMILES string of the molecule is O=P(Oc1ccccc1)(Oc1ccccc1CCc1ccccc1)Oc1ccccc1CCc1ccccc1. The molecule has 0 spiro atoms. The summed E-state index contributed by atoms with van der Waals surface area (Å²) >= 11 is 0. The normalized spacial score (nSPS) is 11.1. The van der Waals surface area contributed by atoms with Crippen molar-refractivity contribution >= 4 is 7.82 Å². The lowest BCUT2D eigenvalue weighted by Crippen LogP contribution is -2.10. The van der Waals surface area contributed by atoms with Crippen molar-refractivity contribution in [2.75, 3.05) is 0 Å². The maximum Gasteiger partial charge on any atom is 0.647 e. The topological polar surface area (TPSA) is 44.8 Å². The molecule has 0 saturated carbocycles. The van der Waals surface area contributed by atoms with E-state index in [1.165, 1.54) is 11.1 Å². The van der Waals surface area contributed by atoms with Gasteiger partial charge in [-0.3, -0.25) is 0 Å². The lowest BCUT2D eigenvalue weighted by Gasteiger charge is -2.22. The minimum absolute atomic E-state index is 0.407. The van der Waals surface area contributed by atoms with Crippen molar-refractivity contribution in [3.8, 4) is 17.2 Å². The molecule has 0 aliphatic heterocycles. The van der Waals surface area contributed by atoms with Crippen LogP contribution < -0.4 is 13.6 Å². The fourth-order valence-corrected chi connectivity index (χ4v) is 5.68. The van der Waals surface area contributed by atoms with Crippen LogP contribution in [0.3, 0.4) is 0 Å². The first-order chi connectivity index (χ1) is 19.2. The number of phosphoric acid groups is 1. The highest BCUT2D eigenvalue weighted by Crippen LogP contribution is 2.51. The van der Waals surface area contributed by atoms with Gasteiger partial charge >= 0.3 is 7.82 Å². The van der Waals surface area contributed by atoms with Crippen LogP contribution in [-0.4, -0.2) is 0 Å². The standard InChI is InChI=1S/C34H31O4P/c35-39(36-32-20-8-3-9-21-32,37-33-22-12-10-18-30(33)26-24-28-14-4-1-5-15-28)38-34-23-13-11-19-31(34)27-25-29-16-6-2-7-17-29/h1-23H,24-27H2. The van der Waals surface area contributed by atoms with Crippen molar-refractivity contribution in [2.45, 2.75) is 25.7 Å². The predicted molar refractivity (Wildman–Crippen MR) is 157 cm³/mol. The molecule has 0 amide bonds. The van der Waals surface area contributed by atoms with Crippen molar-refractivity contribution in [3.63, 3.8) is 0 Å². The van der Waals surface area contributed by atoms with Crippen LogP contribution in [-0.2, 0) is 30.2 Å². The largest absolute Gasteiger partial charge is 0.647 e. The Bertz CT molecular complexity index is 1410. The molecule has 4 nitrogen and oxygen atoms in total. The zero-order valence-corrected chi connectivity index (χ0v) is 22.6. The number of rotatable bonds is 12. The Morgan fingerprint density at radius 2 is 0.795 bits per heavy atom. The summed E-state index contributed by atoms with van der Waals surface area (Å²) in [7, 11) is -4.13. The molecule has 5 heteroatoms. The van der Waals surface area contributed by atoms with Crippen LogP contribution in [0.25, 0.3) is 0 Å². The van der Waals surface area contributed by atoms with Crippen LogP contribution in [0.1, 0.15) is 22.3 Å². The smallest absolute Gasteiger partial charge is 0.386 e. The molecule has 0 heterocycles. The van der Waals surface area contributed by atoms with Crippen LogP contribution in [0.5, 0.6) is 17.2 Å². The van der Waals surface area contributed by atoms with Gasteiger partial charge in [-0.05, 0) is 72.2 Å². The highest BCUT2D eigenvalue weighted by Gasteiger charge is 2.34. The molecule has 0 aliphatic carbocycles. The summed E-state index contributed by atoms with van der Waals surface area (Å²) in [6, 6.07) is 44.8. The molecular formula is C34H31O4P. The fraction of sp³-hybridized carbons (Fsp3) is 0.118. The third-order valence-corrected chi connectivity index (χ3v) is 7.65. The molecule has 5 rings (SSSR count). The average molecular weight is 535 g/mol. The lowest BCUT2D eigenvalue weighted by molar-refractivity contribution is 0.296. The fourth-order valence-electron chi connectivity index (χ4n) is 4.35. The molecule has 5 aromatic rings. The van der Waals surface area contributed by atoms with Gasteiger partial charge in [-0.1, -0.05) is 115 Å². The van der Waals surface area contributed by atoms with E-state index in [9.17, 15) is 4.57 Å². The average Bonchev–Trinajstić information content (AvgIpc) is 2.98. The van der Waals surface area contributed by atoms with Crippen LogP contribution in [0, 0.1) is 0 Å². The first-order valence-electron chi connectivity index (χ1n) is 13.1. The highest BCUT2D eigenvalue weighted by atomic mass is 31.2. The van der Waals surface area contributed by atoms with Crippen molar-refractivity contribution in [2.24, 2.45) is 0 Å². The molecule has 0 aromatic heterocycles. The van der Waals surface area contributed by atoms with Gasteiger partial charge < -0.3 is 13.6 Å². The first kappa shape index (κ1) is 26.3. The third-order valence-electron chi connectivity index (χ3n) is 6.38. The minimum atomic E-state index is -4.13. The van der Waals surface area contributed by atoms with Crippen LogP contribution >= 0.6 is 7.82 Å². The van der Waals surface area contributed by atoms with Gasteiger partial charge in [0, 0.05) is 0 Å². The number of hydrogen-bond acceptors (Lipinski definition) is 4. The Labute approximate surface area is 230 Å². The van der Waals surface area contributed by atoms with E-state index >= 15 is 0 Å². The number of benzene rings is 5. The van der Waals surface area contributed by atoms with E-state index in [2.05, 4.69) is 24.3 Å². The van der Waals surface area contributed by atoms with Gasteiger partial charge in [0.25, 0.3) is 0 Å². The summed E-state index contributed by atoms with van der Waals surface area (Å²) in [4.78, 5) is 0. The van der Waals surface area contributed by atoms with E-state index < -0.39 is 7.82 Å². The molecule has 0 radical (unpaired) electrons. The molecule has 39 heavy (non-hydrogen) atoms. The van der Waals surface area contributed by atoms with Crippen molar-refractivity contribution in [1.82, 2.24) is 0 Å². The van der Waals surface area contributed by atoms with Gasteiger partial charge in [-0.15, -0.1) is 0 Å². The summed E-state index contributed by atoms with van der Waals surface area (Å²) in [5.41, 5.74) is 4.30. The Kier molecular flexibility index (Phi) is 8.78. The summed E-state index contributed by atoms with van der Waals surface area (Å²) in [6.07, 6.45) is 3.10. The predicted octanol–water partition coefficient (Wildman–Crippen LogP) is 8.90. The maximum atomic E-state index is 14.3. The Balaban J connectivity index is 1.40. The van der Waals surface area contributed by atoms with Crippen LogP contribution in [0.15, 0.2) is 140 Å². The highest BCUT2D eigenvalue weighted by molar-refractivity contribution is 7.49. The van der Waals surface area contributed by atoms with Gasteiger partial charge in [-0.2, -0.15) is 4.57 Å². The number of aryl methyl sites for hydroxylation is 4. The maximum absolute atomic E-state index is 14.3. The van der Waals surface area contributed by atoms with E-state index in [1.807, 2.05) is 103 Å².